The van der Waals surface area contributed by atoms with E-state index < -0.39 is 5.97 Å². The van der Waals surface area contributed by atoms with Crippen LogP contribution in [0.25, 0.3) is 0 Å². The number of carbonyl (C=O) groups is 2. The van der Waals surface area contributed by atoms with Crippen molar-refractivity contribution in [2.45, 2.75) is 25.7 Å². The maximum atomic E-state index is 11.6. The van der Waals surface area contributed by atoms with E-state index in [2.05, 4.69) is 0 Å². The average molecular weight is 196 g/mol. The highest BCUT2D eigenvalue weighted by Gasteiger charge is 2.34. The van der Waals surface area contributed by atoms with Crippen LogP contribution in [0.1, 0.15) is 25.7 Å². The molecule has 0 unspecified atom stereocenters. The molecule has 2 rings (SSSR count). The zero-order valence-electron chi connectivity index (χ0n) is 8.07. The molecule has 0 aromatic heterocycles. The standard InChI is InChI=1S/C10H15NO3/c12-9(7-1-2-7)11-5-3-8(4-6-11)10(13)14/h7-8H,1-6H2,(H,13,14)/p-1. The first kappa shape index (κ1) is 9.49. The van der Waals surface area contributed by atoms with Crippen LogP contribution in [-0.4, -0.2) is 29.9 Å². The van der Waals surface area contributed by atoms with Gasteiger partial charge in [-0.15, -0.1) is 0 Å². The number of hydrogen-bond donors (Lipinski definition) is 0. The number of nitrogens with zero attached hydrogens (tertiary/aromatic N) is 1. The van der Waals surface area contributed by atoms with Gasteiger partial charge in [0.15, 0.2) is 0 Å². The van der Waals surface area contributed by atoms with Gasteiger partial charge in [-0.05, 0) is 25.7 Å². The summed E-state index contributed by atoms with van der Waals surface area (Å²) in [6.45, 7) is 1.18. The monoisotopic (exact) mass is 196 g/mol. The summed E-state index contributed by atoms with van der Waals surface area (Å²) in [5, 5.41) is 10.6. The normalized spacial score (nSPS) is 23.6. The van der Waals surface area contributed by atoms with Gasteiger partial charge >= 0.3 is 0 Å². The molecule has 1 saturated carbocycles. The van der Waals surface area contributed by atoms with Gasteiger partial charge in [-0.2, -0.15) is 0 Å². The second kappa shape index (κ2) is 3.59. The Labute approximate surface area is 82.9 Å². The van der Waals surface area contributed by atoms with E-state index in [1.807, 2.05) is 0 Å². The lowest BCUT2D eigenvalue weighted by molar-refractivity contribution is -0.312. The Morgan fingerprint density at radius 1 is 1.00 bits per heavy atom. The number of likely N-dealkylation sites (tertiary alicyclic amines) is 1. The van der Waals surface area contributed by atoms with E-state index >= 15 is 0 Å². The molecule has 1 saturated heterocycles. The van der Waals surface area contributed by atoms with Crippen molar-refractivity contribution in [1.82, 2.24) is 4.90 Å². The van der Waals surface area contributed by atoms with Crippen molar-refractivity contribution in [1.29, 1.82) is 0 Å². The third-order valence-corrected chi connectivity index (χ3v) is 3.07. The number of aliphatic carboxylic acids is 1. The Balaban J connectivity index is 1.83. The van der Waals surface area contributed by atoms with Crippen LogP contribution in [0.4, 0.5) is 0 Å². The van der Waals surface area contributed by atoms with E-state index in [0.29, 0.717) is 25.9 Å². The molecule has 1 heterocycles. The molecule has 1 aliphatic heterocycles. The number of amides is 1. The van der Waals surface area contributed by atoms with Gasteiger partial charge in [0.1, 0.15) is 0 Å². The van der Waals surface area contributed by atoms with E-state index in [1.54, 1.807) is 4.90 Å². The minimum atomic E-state index is -0.969. The zero-order valence-corrected chi connectivity index (χ0v) is 8.07. The summed E-state index contributed by atoms with van der Waals surface area (Å²) in [5.41, 5.74) is 0. The van der Waals surface area contributed by atoms with E-state index in [4.69, 9.17) is 0 Å². The van der Waals surface area contributed by atoms with Crippen LogP contribution in [0.15, 0.2) is 0 Å². The van der Waals surface area contributed by atoms with Crippen LogP contribution < -0.4 is 5.11 Å². The van der Waals surface area contributed by atoms with Gasteiger partial charge in [0.2, 0.25) is 5.91 Å². The fourth-order valence-corrected chi connectivity index (χ4v) is 1.92. The number of rotatable bonds is 2. The third-order valence-electron chi connectivity index (χ3n) is 3.07. The first-order valence-corrected chi connectivity index (χ1v) is 5.18. The first-order valence-electron chi connectivity index (χ1n) is 5.18. The minimum Gasteiger partial charge on any atom is -0.550 e. The largest absolute Gasteiger partial charge is 0.550 e. The number of hydrogen-bond acceptors (Lipinski definition) is 3. The summed E-state index contributed by atoms with van der Waals surface area (Å²) in [7, 11) is 0. The molecule has 0 radical (unpaired) electrons. The van der Waals surface area contributed by atoms with Crippen molar-refractivity contribution in [3.05, 3.63) is 0 Å². The summed E-state index contributed by atoms with van der Waals surface area (Å²) >= 11 is 0. The van der Waals surface area contributed by atoms with E-state index in [9.17, 15) is 14.7 Å². The van der Waals surface area contributed by atoms with Gasteiger partial charge in [-0.25, -0.2) is 0 Å². The molecule has 78 valence electrons. The highest BCUT2D eigenvalue weighted by atomic mass is 16.4. The lowest BCUT2D eigenvalue weighted by Crippen LogP contribution is -2.44. The molecule has 14 heavy (non-hydrogen) atoms. The lowest BCUT2D eigenvalue weighted by atomic mass is 9.97. The minimum absolute atomic E-state index is 0.224. The Morgan fingerprint density at radius 2 is 1.57 bits per heavy atom. The molecular weight excluding hydrogens is 182 g/mol. The molecule has 2 aliphatic rings. The van der Waals surface area contributed by atoms with Crippen molar-refractivity contribution >= 4 is 11.9 Å². The summed E-state index contributed by atoms with van der Waals surface area (Å²) in [6, 6.07) is 0. The Bertz CT molecular complexity index is 252. The van der Waals surface area contributed by atoms with Gasteiger partial charge < -0.3 is 14.8 Å². The van der Waals surface area contributed by atoms with Crippen LogP contribution in [0.2, 0.25) is 0 Å². The molecule has 0 aromatic rings. The first-order chi connectivity index (χ1) is 6.68. The van der Waals surface area contributed by atoms with Gasteiger partial charge in [-0.3, -0.25) is 4.79 Å². The fourth-order valence-electron chi connectivity index (χ4n) is 1.92. The highest BCUT2D eigenvalue weighted by Crippen LogP contribution is 2.32. The summed E-state index contributed by atoms with van der Waals surface area (Å²) in [6.07, 6.45) is 3.14. The molecule has 0 aromatic carbocycles. The molecule has 4 nitrogen and oxygen atoms in total. The van der Waals surface area contributed by atoms with Crippen molar-refractivity contribution in [2.24, 2.45) is 11.8 Å². The van der Waals surface area contributed by atoms with Crippen LogP contribution >= 0.6 is 0 Å². The molecule has 0 N–H and O–H groups in total. The Hall–Kier alpha value is -1.06. The van der Waals surface area contributed by atoms with Gasteiger partial charge in [0, 0.05) is 30.9 Å². The second-order valence-corrected chi connectivity index (χ2v) is 4.19. The molecule has 4 heteroatoms. The van der Waals surface area contributed by atoms with Crippen LogP contribution in [0.3, 0.4) is 0 Å². The topological polar surface area (TPSA) is 60.4 Å². The molecule has 0 spiro atoms. The smallest absolute Gasteiger partial charge is 0.225 e. The third kappa shape index (κ3) is 1.89. The van der Waals surface area contributed by atoms with Crippen LogP contribution in [0.5, 0.6) is 0 Å². The maximum Gasteiger partial charge on any atom is 0.225 e. The van der Waals surface area contributed by atoms with Crippen molar-refractivity contribution in [3.8, 4) is 0 Å². The molecular formula is C10H14NO3-. The SMILES string of the molecule is O=C([O-])C1CCN(C(=O)C2CC2)CC1. The maximum absolute atomic E-state index is 11.6. The predicted octanol–water partition coefficient (Wildman–Crippen LogP) is -0.615. The highest BCUT2D eigenvalue weighted by molar-refractivity contribution is 5.81. The summed E-state index contributed by atoms with van der Waals surface area (Å²) < 4.78 is 0. The van der Waals surface area contributed by atoms with Gasteiger partial charge in [0.05, 0.1) is 0 Å². The predicted molar refractivity (Wildman–Crippen MR) is 47.0 cm³/mol. The van der Waals surface area contributed by atoms with Gasteiger partial charge in [-0.1, -0.05) is 0 Å². The summed E-state index contributed by atoms with van der Waals surface area (Å²) in [4.78, 5) is 24.0. The van der Waals surface area contributed by atoms with E-state index in [-0.39, 0.29) is 17.7 Å². The lowest BCUT2D eigenvalue weighted by Gasteiger charge is -2.32. The second-order valence-electron chi connectivity index (χ2n) is 4.19. The quantitative estimate of drug-likeness (QED) is 0.591. The number of carboxylic acid groups (broad SMARTS) is 1. The molecule has 0 bridgehead atoms. The molecule has 1 amide bonds. The van der Waals surface area contributed by atoms with Crippen molar-refractivity contribution < 1.29 is 14.7 Å². The Kier molecular flexibility index (Phi) is 2.44. The molecule has 2 fully saturated rings. The van der Waals surface area contributed by atoms with E-state index in [1.165, 1.54) is 0 Å². The molecule has 1 aliphatic carbocycles. The van der Waals surface area contributed by atoms with Crippen molar-refractivity contribution in [3.63, 3.8) is 0 Å². The van der Waals surface area contributed by atoms with Crippen LogP contribution in [-0.2, 0) is 9.59 Å². The fraction of sp³-hybridized carbons (Fsp3) is 0.800. The van der Waals surface area contributed by atoms with Gasteiger partial charge in [0.25, 0.3) is 0 Å². The molecule has 0 atom stereocenters. The number of piperidine rings is 1. The number of carbonyl (C=O) groups excluding carboxylic acids is 2. The van der Waals surface area contributed by atoms with Crippen molar-refractivity contribution in [2.75, 3.05) is 13.1 Å². The number of carboxylic acids is 1. The average Bonchev–Trinajstić information content (AvgIpc) is 3.00. The van der Waals surface area contributed by atoms with Crippen LogP contribution in [0, 0.1) is 11.8 Å². The summed E-state index contributed by atoms with van der Waals surface area (Å²) in [5.74, 6) is -0.849. The zero-order chi connectivity index (χ0) is 10.1. The Morgan fingerprint density at radius 3 is 2.00 bits per heavy atom. The van der Waals surface area contributed by atoms with E-state index in [0.717, 1.165) is 12.8 Å².